The van der Waals surface area contributed by atoms with Crippen molar-refractivity contribution in [1.82, 2.24) is 10.2 Å². The molecule has 6 nitrogen and oxygen atoms in total. The van der Waals surface area contributed by atoms with Crippen LogP contribution in [0.2, 0.25) is 0 Å². The fraction of sp³-hybridized carbons (Fsp3) is 0.333. The molecule has 0 unspecified atom stereocenters. The van der Waals surface area contributed by atoms with Gasteiger partial charge in [-0.3, -0.25) is 14.5 Å². The number of rotatable bonds is 4. The van der Waals surface area contributed by atoms with E-state index in [0.29, 0.717) is 11.3 Å². The highest BCUT2D eigenvalue weighted by molar-refractivity contribution is 6.10. The van der Waals surface area contributed by atoms with Gasteiger partial charge in [-0.2, -0.15) is 13.2 Å². The van der Waals surface area contributed by atoms with Crippen molar-refractivity contribution in [2.45, 2.75) is 18.3 Å². The summed E-state index contributed by atoms with van der Waals surface area (Å²) in [6, 6.07) is 8.78. The summed E-state index contributed by atoms with van der Waals surface area (Å²) in [5, 5.41) is 5.78. The molecule has 2 aliphatic heterocycles. The van der Waals surface area contributed by atoms with Crippen molar-refractivity contribution in [2.24, 2.45) is 0 Å². The third-order valence-electron chi connectivity index (χ3n) is 5.74. The maximum atomic E-state index is 14.6. The SMILES string of the molecule is CNc1ccc(N2CC(=O)N(Cc3ccc(C(F)(F)F)cc3)C3(CNC3)C2=O)c(F)c1. The van der Waals surface area contributed by atoms with Crippen LogP contribution in [-0.4, -0.2) is 48.9 Å². The van der Waals surface area contributed by atoms with E-state index in [9.17, 15) is 27.2 Å². The molecule has 164 valence electrons. The minimum absolute atomic E-state index is 0.0119. The molecule has 2 amide bonds. The van der Waals surface area contributed by atoms with Gasteiger partial charge in [-0.05, 0) is 35.9 Å². The molecule has 2 saturated heterocycles. The molecule has 2 aliphatic rings. The second-order valence-electron chi connectivity index (χ2n) is 7.62. The molecule has 0 atom stereocenters. The van der Waals surface area contributed by atoms with E-state index >= 15 is 0 Å². The minimum Gasteiger partial charge on any atom is -0.388 e. The quantitative estimate of drug-likeness (QED) is 0.724. The van der Waals surface area contributed by atoms with Crippen LogP contribution >= 0.6 is 0 Å². The fourth-order valence-corrected chi connectivity index (χ4v) is 3.90. The number of anilines is 2. The van der Waals surface area contributed by atoms with Crippen LogP contribution in [0.4, 0.5) is 28.9 Å². The number of carbonyl (C=O) groups excluding carboxylic acids is 2. The lowest BCUT2D eigenvalue weighted by Crippen LogP contribution is -2.80. The Bertz CT molecular complexity index is 1020. The van der Waals surface area contributed by atoms with Gasteiger partial charge in [0.15, 0.2) is 0 Å². The molecule has 4 rings (SSSR count). The average molecular weight is 436 g/mol. The number of carbonyl (C=O) groups is 2. The molecule has 31 heavy (non-hydrogen) atoms. The van der Waals surface area contributed by atoms with Gasteiger partial charge in [-0.1, -0.05) is 12.1 Å². The Labute approximate surface area is 175 Å². The summed E-state index contributed by atoms with van der Waals surface area (Å²) < 4.78 is 53.0. The van der Waals surface area contributed by atoms with E-state index in [1.165, 1.54) is 29.2 Å². The monoisotopic (exact) mass is 436 g/mol. The number of alkyl halides is 3. The van der Waals surface area contributed by atoms with E-state index in [4.69, 9.17) is 0 Å². The zero-order chi connectivity index (χ0) is 22.4. The number of halogens is 4. The largest absolute Gasteiger partial charge is 0.416 e. The molecule has 2 fully saturated rings. The van der Waals surface area contributed by atoms with Crippen LogP contribution in [-0.2, 0) is 22.3 Å². The molecule has 10 heteroatoms. The van der Waals surface area contributed by atoms with E-state index in [1.54, 1.807) is 13.1 Å². The third kappa shape index (κ3) is 3.60. The fourth-order valence-electron chi connectivity index (χ4n) is 3.90. The first-order valence-electron chi connectivity index (χ1n) is 9.62. The molecule has 0 aliphatic carbocycles. The second-order valence-corrected chi connectivity index (χ2v) is 7.62. The Kier molecular flexibility index (Phi) is 5.12. The van der Waals surface area contributed by atoms with Crippen molar-refractivity contribution in [3.8, 4) is 0 Å². The number of amides is 2. The Hall–Kier alpha value is -3.14. The summed E-state index contributed by atoms with van der Waals surface area (Å²) in [4.78, 5) is 28.8. The van der Waals surface area contributed by atoms with Gasteiger partial charge in [0, 0.05) is 32.4 Å². The summed E-state index contributed by atoms with van der Waals surface area (Å²) in [5.74, 6) is -1.46. The average Bonchev–Trinajstić information content (AvgIpc) is 2.69. The van der Waals surface area contributed by atoms with Crippen LogP contribution in [0.1, 0.15) is 11.1 Å². The number of hydrogen-bond acceptors (Lipinski definition) is 4. The van der Waals surface area contributed by atoms with Crippen LogP contribution in [0.15, 0.2) is 42.5 Å². The standard InChI is InChI=1S/C21H20F4N4O2/c1-26-15-6-7-17(16(22)8-15)28-10-18(30)29(20(19(28)31)11-27-12-20)9-13-2-4-14(5-3-13)21(23,24)25/h2-8,26-27H,9-12H2,1H3. The predicted molar refractivity (Wildman–Crippen MR) is 106 cm³/mol. The number of hydrogen-bond donors (Lipinski definition) is 2. The Morgan fingerprint density at radius 3 is 2.29 bits per heavy atom. The highest BCUT2D eigenvalue weighted by Crippen LogP contribution is 2.35. The van der Waals surface area contributed by atoms with Crippen molar-refractivity contribution < 1.29 is 27.2 Å². The molecule has 2 aromatic rings. The number of piperazine rings is 1. The van der Waals surface area contributed by atoms with E-state index in [1.807, 2.05) is 0 Å². The predicted octanol–water partition coefficient (Wildman–Crippen LogP) is 2.60. The smallest absolute Gasteiger partial charge is 0.388 e. The third-order valence-corrected chi connectivity index (χ3v) is 5.74. The molecular formula is C21H20F4N4O2. The molecule has 0 bridgehead atoms. The summed E-state index contributed by atoms with van der Waals surface area (Å²) in [7, 11) is 1.64. The Morgan fingerprint density at radius 2 is 1.77 bits per heavy atom. The lowest BCUT2D eigenvalue weighted by atomic mass is 9.85. The highest BCUT2D eigenvalue weighted by Gasteiger charge is 2.56. The Morgan fingerprint density at radius 1 is 1.10 bits per heavy atom. The van der Waals surface area contributed by atoms with Gasteiger partial charge in [0.1, 0.15) is 17.9 Å². The maximum absolute atomic E-state index is 14.6. The van der Waals surface area contributed by atoms with Gasteiger partial charge >= 0.3 is 6.18 Å². The van der Waals surface area contributed by atoms with Crippen molar-refractivity contribution in [2.75, 3.05) is 36.9 Å². The molecule has 0 aromatic heterocycles. The molecular weight excluding hydrogens is 416 g/mol. The highest BCUT2D eigenvalue weighted by atomic mass is 19.4. The summed E-state index contributed by atoms with van der Waals surface area (Å²) in [6.07, 6.45) is -4.46. The van der Waals surface area contributed by atoms with E-state index in [-0.39, 0.29) is 31.9 Å². The number of benzene rings is 2. The van der Waals surface area contributed by atoms with Gasteiger partial charge in [0.25, 0.3) is 5.91 Å². The molecule has 0 saturated carbocycles. The van der Waals surface area contributed by atoms with Crippen LogP contribution in [0.5, 0.6) is 0 Å². The van der Waals surface area contributed by atoms with E-state index in [0.717, 1.165) is 17.0 Å². The first-order valence-corrected chi connectivity index (χ1v) is 9.62. The summed E-state index contributed by atoms with van der Waals surface area (Å²) >= 11 is 0. The minimum atomic E-state index is -4.46. The van der Waals surface area contributed by atoms with Gasteiger partial charge < -0.3 is 15.5 Å². The summed E-state index contributed by atoms with van der Waals surface area (Å²) in [5.41, 5.74) is -0.979. The van der Waals surface area contributed by atoms with Crippen molar-refractivity contribution in [3.05, 3.63) is 59.4 Å². The topological polar surface area (TPSA) is 64.7 Å². The second kappa shape index (κ2) is 7.52. The lowest BCUT2D eigenvalue weighted by Gasteiger charge is -2.54. The lowest BCUT2D eigenvalue weighted by molar-refractivity contribution is -0.155. The van der Waals surface area contributed by atoms with Crippen LogP contribution < -0.4 is 15.5 Å². The van der Waals surface area contributed by atoms with Crippen LogP contribution in [0.3, 0.4) is 0 Å². The zero-order valence-electron chi connectivity index (χ0n) is 16.6. The first kappa shape index (κ1) is 21.1. The maximum Gasteiger partial charge on any atom is 0.416 e. The van der Waals surface area contributed by atoms with Crippen molar-refractivity contribution >= 4 is 23.2 Å². The summed E-state index contributed by atoms with van der Waals surface area (Å²) in [6.45, 7) is 0.00625. The van der Waals surface area contributed by atoms with Crippen LogP contribution in [0.25, 0.3) is 0 Å². The van der Waals surface area contributed by atoms with Gasteiger partial charge in [0.2, 0.25) is 5.91 Å². The normalized spacial score (nSPS) is 18.4. The van der Waals surface area contributed by atoms with Gasteiger partial charge in [-0.25, -0.2) is 4.39 Å². The molecule has 2 N–H and O–H groups in total. The van der Waals surface area contributed by atoms with Crippen LogP contribution in [0, 0.1) is 5.82 Å². The van der Waals surface area contributed by atoms with E-state index in [2.05, 4.69) is 10.6 Å². The van der Waals surface area contributed by atoms with E-state index < -0.39 is 34.9 Å². The Balaban J connectivity index is 1.61. The molecule has 2 heterocycles. The van der Waals surface area contributed by atoms with Crippen molar-refractivity contribution in [3.63, 3.8) is 0 Å². The molecule has 2 aromatic carbocycles. The van der Waals surface area contributed by atoms with Gasteiger partial charge in [-0.15, -0.1) is 0 Å². The molecule has 0 radical (unpaired) electrons. The van der Waals surface area contributed by atoms with Gasteiger partial charge in [0.05, 0.1) is 11.3 Å². The molecule has 1 spiro atoms. The van der Waals surface area contributed by atoms with Crippen molar-refractivity contribution in [1.29, 1.82) is 0 Å². The number of nitrogens with zero attached hydrogens (tertiary/aromatic N) is 2. The first-order chi connectivity index (χ1) is 14.7. The number of nitrogens with one attached hydrogen (secondary N) is 2. The zero-order valence-corrected chi connectivity index (χ0v) is 16.6.